The van der Waals surface area contributed by atoms with Crippen LogP contribution in [-0.4, -0.2) is 45.7 Å². The zero-order valence-electron chi connectivity index (χ0n) is 17.6. The maximum absolute atomic E-state index is 12.2. The van der Waals surface area contributed by atoms with E-state index >= 15 is 0 Å². The maximum atomic E-state index is 12.2. The van der Waals surface area contributed by atoms with Gasteiger partial charge in [-0.05, 0) is 49.7 Å². The van der Waals surface area contributed by atoms with Crippen molar-refractivity contribution in [2.45, 2.75) is 63.3 Å². The summed E-state index contributed by atoms with van der Waals surface area (Å²) < 4.78 is 7.63. The van der Waals surface area contributed by atoms with Gasteiger partial charge in [-0.2, -0.15) is 0 Å². The standard InChI is InChI=1S/C22H30N4O2S2/c1-3-9-26-21(19-12-16-11-15(4-2)7-8-18(16)30-19)24-25-22(26)29-14-20(27)23-13-17-6-5-10-28-17/h3,12,15,17H,1,4-11,13-14H2,2H3,(H,23,27). The predicted octanol–water partition coefficient (Wildman–Crippen LogP) is 4.09. The second-order valence-electron chi connectivity index (χ2n) is 8.01. The first-order chi connectivity index (χ1) is 14.7. The van der Waals surface area contributed by atoms with E-state index in [2.05, 4.69) is 39.7 Å². The van der Waals surface area contributed by atoms with Crippen molar-refractivity contribution in [1.29, 1.82) is 0 Å². The molecule has 1 amide bonds. The molecule has 0 spiro atoms. The highest BCUT2D eigenvalue weighted by atomic mass is 32.2. The molecular weight excluding hydrogens is 416 g/mol. The zero-order chi connectivity index (χ0) is 20.9. The SMILES string of the molecule is C=CCn1c(SCC(=O)NCC2CCCO2)nnc1-c1cc2c(s1)CCC(CC)C2. The molecule has 1 aliphatic heterocycles. The molecule has 30 heavy (non-hydrogen) atoms. The van der Waals surface area contributed by atoms with Crippen LogP contribution in [0.5, 0.6) is 0 Å². The van der Waals surface area contributed by atoms with Crippen LogP contribution in [-0.2, 0) is 28.9 Å². The van der Waals surface area contributed by atoms with Gasteiger partial charge in [0.25, 0.3) is 0 Å². The number of aryl methyl sites for hydroxylation is 1. The van der Waals surface area contributed by atoms with Gasteiger partial charge in [-0.1, -0.05) is 31.2 Å². The number of fused-ring (bicyclic) bond motifs is 1. The van der Waals surface area contributed by atoms with Crippen LogP contribution >= 0.6 is 23.1 Å². The van der Waals surface area contributed by atoms with Crippen molar-refractivity contribution in [1.82, 2.24) is 20.1 Å². The molecule has 0 aromatic carbocycles. The van der Waals surface area contributed by atoms with E-state index in [0.717, 1.165) is 36.3 Å². The van der Waals surface area contributed by atoms with Crippen LogP contribution in [0, 0.1) is 5.92 Å². The molecule has 2 unspecified atom stereocenters. The van der Waals surface area contributed by atoms with E-state index in [1.165, 1.54) is 52.8 Å². The minimum Gasteiger partial charge on any atom is -0.376 e. The predicted molar refractivity (Wildman–Crippen MR) is 122 cm³/mol. The summed E-state index contributed by atoms with van der Waals surface area (Å²) in [7, 11) is 0. The molecule has 162 valence electrons. The quantitative estimate of drug-likeness (QED) is 0.464. The van der Waals surface area contributed by atoms with Crippen LogP contribution in [0.2, 0.25) is 0 Å². The molecule has 8 heteroatoms. The number of carbonyl (C=O) groups excluding carboxylic acids is 1. The smallest absolute Gasteiger partial charge is 0.230 e. The molecule has 1 saturated heterocycles. The number of carbonyl (C=O) groups is 1. The van der Waals surface area contributed by atoms with Crippen LogP contribution in [0.25, 0.3) is 10.7 Å². The molecule has 2 atom stereocenters. The summed E-state index contributed by atoms with van der Waals surface area (Å²) in [5.41, 5.74) is 1.48. The summed E-state index contributed by atoms with van der Waals surface area (Å²) in [4.78, 5) is 14.9. The number of hydrogen-bond acceptors (Lipinski definition) is 6. The molecule has 2 aromatic rings. The molecule has 1 fully saturated rings. The first-order valence-electron chi connectivity index (χ1n) is 10.8. The number of rotatable bonds is 9. The van der Waals surface area contributed by atoms with Gasteiger partial charge >= 0.3 is 0 Å². The van der Waals surface area contributed by atoms with Gasteiger partial charge in [0.1, 0.15) is 0 Å². The number of amides is 1. The average Bonchev–Trinajstić information content (AvgIpc) is 3.50. The van der Waals surface area contributed by atoms with Gasteiger partial charge < -0.3 is 10.1 Å². The number of aromatic nitrogens is 3. The van der Waals surface area contributed by atoms with Crippen molar-refractivity contribution in [2.24, 2.45) is 5.92 Å². The van der Waals surface area contributed by atoms with E-state index in [1.54, 1.807) is 0 Å². The molecule has 4 rings (SSSR count). The molecule has 0 radical (unpaired) electrons. The van der Waals surface area contributed by atoms with Crippen LogP contribution in [0.4, 0.5) is 0 Å². The second-order valence-corrected chi connectivity index (χ2v) is 10.1. The normalized spacial score (nSPS) is 20.8. The fourth-order valence-corrected chi connectivity index (χ4v) is 6.12. The summed E-state index contributed by atoms with van der Waals surface area (Å²) in [5.74, 6) is 2.00. The number of nitrogens with one attached hydrogen (secondary N) is 1. The van der Waals surface area contributed by atoms with E-state index in [9.17, 15) is 4.79 Å². The number of hydrogen-bond donors (Lipinski definition) is 1. The maximum Gasteiger partial charge on any atom is 0.230 e. The Morgan fingerprint density at radius 3 is 3.13 bits per heavy atom. The minimum absolute atomic E-state index is 0.00222. The van der Waals surface area contributed by atoms with Gasteiger partial charge in [0.2, 0.25) is 5.91 Å². The fraction of sp³-hybridized carbons (Fsp3) is 0.591. The minimum atomic E-state index is 0.00222. The van der Waals surface area contributed by atoms with E-state index in [4.69, 9.17) is 4.74 Å². The molecule has 0 saturated carbocycles. The lowest BCUT2D eigenvalue weighted by Crippen LogP contribution is -2.32. The zero-order valence-corrected chi connectivity index (χ0v) is 19.2. The molecule has 1 aliphatic carbocycles. The molecule has 2 aromatic heterocycles. The highest BCUT2D eigenvalue weighted by molar-refractivity contribution is 7.99. The van der Waals surface area contributed by atoms with Gasteiger partial charge in [-0.25, -0.2) is 0 Å². The highest BCUT2D eigenvalue weighted by Crippen LogP contribution is 2.38. The largest absolute Gasteiger partial charge is 0.376 e. The van der Waals surface area contributed by atoms with Crippen molar-refractivity contribution in [3.05, 3.63) is 29.2 Å². The molecule has 6 nitrogen and oxygen atoms in total. The first-order valence-corrected chi connectivity index (χ1v) is 12.6. The summed E-state index contributed by atoms with van der Waals surface area (Å²) in [5, 5.41) is 12.6. The highest BCUT2D eigenvalue weighted by Gasteiger charge is 2.23. The van der Waals surface area contributed by atoms with Crippen LogP contribution in [0.15, 0.2) is 23.9 Å². The van der Waals surface area contributed by atoms with Crippen LogP contribution < -0.4 is 5.32 Å². The third-order valence-electron chi connectivity index (χ3n) is 5.89. The van der Waals surface area contributed by atoms with E-state index < -0.39 is 0 Å². The molecule has 2 aliphatic rings. The Kier molecular flexibility index (Phi) is 7.28. The van der Waals surface area contributed by atoms with Gasteiger partial charge in [0, 0.05) is 24.6 Å². The Hall–Kier alpha value is -1.64. The Bertz CT molecular complexity index is 886. The Morgan fingerprint density at radius 1 is 1.47 bits per heavy atom. The summed E-state index contributed by atoms with van der Waals surface area (Å²) >= 11 is 3.27. The van der Waals surface area contributed by atoms with Gasteiger partial charge in [-0.3, -0.25) is 9.36 Å². The van der Waals surface area contributed by atoms with Crippen LogP contribution in [0.3, 0.4) is 0 Å². The van der Waals surface area contributed by atoms with E-state index in [0.29, 0.717) is 18.8 Å². The second kappa shape index (κ2) is 10.1. The Balaban J connectivity index is 1.42. The topological polar surface area (TPSA) is 69.0 Å². The molecule has 3 heterocycles. The summed E-state index contributed by atoms with van der Waals surface area (Å²) in [6, 6.07) is 2.30. The lowest BCUT2D eigenvalue weighted by molar-refractivity contribution is -0.119. The molecular formula is C22H30N4O2S2. The molecule has 1 N–H and O–H groups in total. The van der Waals surface area contributed by atoms with Crippen LogP contribution in [0.1, 0.15) is 43.0 Å². The van der Waals surface area contributed by atoms with Crippen molar-refractivity contribution in [2.75, 3.05) is 18.9 Å². The third kappa shape index (κ3) is 4.98. The Labute approximate surface area is 186 Å². The first kappa shape index (κ1) is 21.6. The van der Waals surface area contributed by atoms with Gasteiger partial charge in [0.15, 0.2) is 11.0 Å². The van der Waals surface area contributed by atoms with Gasteiger partial charge in [0.05, 0.1) is 16.7 Å². The molecule has 0 bridgehead atoms. The lowest BCUT2D eigenvalue weighted by atomic mass is 9.87. The Morgan fingerprint density at radius 2 is 2.37 bits per heavy atom. The van der Waals surface area contributed by atoms with E-state index in [-0.39, 0.29) is 12.0 Å². The van der Waals surface area contributed by atoms with Crippen molar-refractivity contribution in [3.63, 3.8) is 0 Å². The average molecular weight is 447 g/mol. The van der Waals surface area contributed by atoms with Crippen molar-refractivity contribution < 1.29 is 9.53 Å². The number of allylic oxidation sites excluding steroid dienone is 1. The monoisotopic (exact) mass is 446 g/mol. The number of thioether (sulfide) groups is 1. The fourth-order valence-electron chi connectivity index (χ4n) is 4.14. The number of ether oxygens (including phenoxy) is 1. The summed E-state index contributed by atoms with van der Waals surface area (Å²) in [6.45, 7) is 8.19. The third-order valence-corrected chi connectivity index (χ3v) is 8.09. The van der Waals surface area contributed by atoms with Crippen molar-refractivity contribution in [3.8, 4) is 10.7 Å². The number of thiophene rings is 1. The lowest BCUT2D eigenvalue weighted by Gasteiger charge is -2.19. The summed E-state index contributed by atoms with van der Waals surface area (Å²) in [6.07, 6.45) is 8.98. The van der Waals surface area contributed by atoms with Gasteiger partial charge in [-0.15, -0.1) is 28.1 Å². The number of nitrogens with zero attached hydrogens (tertiary/aromatic N) is 3. The van der Waals surface area contributed by atoms with Crippen molar-refractivity contribution >= 4 is 29.0 Å². The van der Waals surface area contributed by atoms with E-state index in [1.807, 2.05) is 17.4 Å².